The minimum absolute atomic E-state index is 0.236. The van der Waals surface area contributed by atoms with Crippen LogP contribution in [0.15, 0.2) is 63.3 Å². The Morgan fingerprint density at radius 1 is 1.04 bits per heavy atom. The number of H-pyrrole nitrogens is 1. The van der Waals surface area contributed by atoms with Crippen LogP contribution >= 0.6 is 0 Å². The van der Waals surface area contributed by atoms with Gasteiger partial charge in [0.2, 0.25) is 0 Å². The standard InChI is InChI=1S/C18H23N3O2Si/c1-20-17(22)19-21(18(20)23)14-10-11-15(13-8-6-5-7-9-13)16(12-14)24(2,3)4/h5-12,14-15H,1-4H3,(H,19,22)/t14-,15-/m0/s1. The number of aromatic amines is 1. The van der Waals surface area contributed by atoms with Crippen LogP contribution in [-0.4, -0.2) is 22.4 Å². The third-order valence-electron chi connectivity index (χ3n) is 4.52. The van der Waals surface area contributed by atoms with E-state index in [4.69, 9.17) is 0 Å². The smallest absolute Gasteiger partial charge is 0.246 e. The normalized spacial score (nSPS) is 20.9. The Morgan fingerprint density at radius 2 is 1.71 bits per heavy atom. The van der Waals surface area contributed by atoms with E-state index in [0.29, 0.717) is 0 Å². The van der Waals surface area contributed by atoms with Gasteiger partial charge in [-0.2, -0.15) is 0 Å². The summed E-state index contributed by atoms with van der Waals surface area (Å²) in [6, 6.07) is 10.2. The molecule has 2 atom stereocenters. The van der Waals surface area contributed by atoms with Crippen LogP contribution in [0.3, 0.4) is 0 Å². The molecule has 6 heteroatoms. The van der Waals surface area contributed by atoms with Crippen LogP contribution in [0.25, 0.3) is 0 Å². The summed E-state index contributed by atoms with van der Waals surface area (Å²) in [5.41, 5.74) is 0.551. The lowest BCUT2D eigenvalue weighted by molar-refractivity contribution is 0.583. The SMILES string of the molecule is Cn1c(=O)[nH]n([C@H]2C=C[C@@H](c3ccccc3)C([Si](C)(C)C)=C2)c1=O. The highest BCUT2D eigenvalue weighted by molar-refractivity contribution is 6.83. The van der Waals surface area contributed by atoms with E-state index in [9.17, 15) is 9.59 Å². The maximum Gasteiger partial charge on any atom is 0.347 e. The number of hydrogen-bond acceptors (Lipinski definition) is 2. The lowest BCUT2D eigenvalue weighted by Crippen LogP contribution is -2.32. The van der Waals surface area contributed by atoms with Crippen molar-refractivity contribution in [3.8, 4) is 0 Å². The lowest BCUT2D eigenvalue weighted by atomic mass is 9.93. The van der Waals surface area contributed by atoms with Crippen LogP contribution in [-0.2, 0) is 7.05 Å². The Labute approximate surface area is 141 Å². The first-order chi connectivity index (χ1) is 11.3. The molecule has 1 N–H and O–H groups in total. The van der Waals surface area contributed by atoms with Crippen molar-refractivity contribution in [3.05, 3.63) is 80.3 Å². The molecule has 2 aromatic rings. The molecule has 0 saturated carbocycles. The zero-order valence-corrected chi connectivity index (χ0v) is 15.5. The summed E-state index contributed by atoms with van der Waals surface area (Å²) >= 11 is 0. The number of rotatable bonds is 3. The van der Waals surface area contributed by atoms with E-state index in [1.165, 1.54) is 22.5 Å². The Morgan fingerprint density at radius 3 is 2.25 bits per heavy atom. The van der Waals surface area contributed by atoms with E-state index in [2.05, 4.69) is 61.2 Å². The summed E-state index contributed by atoms with van der Waals surface area (Å²) in [4.78, 5) is 24.0. The van der Waals surface area contributed by atoms with Crippen molar-refractivity contribution < 1.29 is 0 Å². The molecule has 3 rings (SSSR count). The summed E-state index contributed by atoms with van der Waals surface area (Å²) in [6.07, 6.45) is 6.31. The van der Waals surface area contributed by atoms with E-state index < -0.39 is 8.07 Å². The number of aromatic nitrogens is 3. The van der Waals surface area contributed by atoms with E-state index in [1.807, 2.05) is 12.1 Å². The zero-order chi connectivity index (χ0) is 17.5. The summed E-state index contributed by atoms with van der Waals surface area (Å²) in [5.74, 6) is 0.236. The van der Waals surface area contributed by atoms with Gasteiger partial charge in [-0.1, -0.05) is 73.4 Å². The Balaban J connectivity index is 2.08. The van der Waals surface area contributed by atoms with Gasteiger partial charge in [0.05, 0.1) is 14.1 Å². The summed E-state index contributed by atoms with van der Waals surface area (Å²) in [5, 5.41) is 4.01. The summed E-state index contributed by atoms with van der Waals surface area (Å²) in [6.45, 7) is 6.92. The Bertz CT molecular complexity index is 910. The van der Waals surface area contributed by atoms with Gasteiger partial charge >= 0.3 is 11.4 Å². The topological polar surface area (TPSA) is 59.8 Å². The van der Waals surface area contributed by atoms with Gasteiger partial charge in [0.25, 0.3) is 0 Å². The highest BCUT2D eigenvalue weighted by Gasteiger charge is 2.30. The number of benzene rings is 1. The number of nitrogens with zero attached hydrogens (tertiary/aromatic N) is 2. The lowest BCUT2D eigenvalue weighted by Gasteiger charge is -2.32. The van der Waals surface area contributed by atoms with Crippen molar-refractivity contribution in [2.45, 2.75) is 31.6 Å². The summed E-state index contributed by atoms with van der Waals surface area (Å²) < 4.78 is 2.50. The highest BCUT2D eigenvalue weighted by Crippen LogP contribution is 2.37. The molecular weight excluding hydrogens is 318 g/mol. The fourth-order valence-electron chi connectivity index (χ4n) is 3.18. The fraction of sp³-hybridized carbons (Fsp3) is 0.333. The first-order valence-electron chi connectivity index (χ1n) is 8.12. The monoisotopic (exact) mass is 341 g/mol. The van der Waals surface area contributed by atoms with Crippen LogP contribution < -0.4 is 11.4 Å². The van der Waals surface area contributed by atoms with Crippen LogP contribution in [0, 0.1) is 0 Å². The number of nitrogens with one attached hydrogen (secondary N) is 1. The molecule has 0 bridgehead atoms. The maximum absolute atomic E-state index is 12.2. The molecule has 0 radical (unpaired) electrons. The van der Waals surface area contributed by atoms with Gasteiger partial charge in [-0.25, -0.2) is 23.9 Å². The highest BCUT2D eigenvalue weighted by atomic mass is 28.3. The quantitative estimate of drug-likeness (QED) is 0.689. The molecule has 1 heterocycles. The van der Waals surface area contributed by atoms with Crippen LogP contribution in [0.5, 0.6) is 0 Å². The molecule has 0 spiro atoms. The van der Waals surface area contributed by atoms with Gasteiger partial charge in [0.1, 0.15) is 0 Å². The molecule has 0 aliphatic heterocycles. The van der Waals surface area contributed by atoms with Crippen LogP contribution in [0.1, 0.15) is 17.5 Å². The zero-order valence-electron chi connectivity index (χ0n) is 14.5. The fourth-order valence-corrected chi connectivity index (χ4v) is 5.04. The molecule has 0 fully saturated rings. The average Bonchev–Trinajstić information content (AvgIpc) is 2.82. The van der Waals surface area contributed by atoms with Crippen molar-refractivity contribution in [2.24, 2.45) is 7.05 Å². The van der Waals surface area contributed by atoms with Crippen molar-refractivity contribution in [1.82, 2.24) is 14.3 Å². The third kappa shape index (κ3) is 2.89. The van der Waals surface area contributed by atoms with E-state index in [1.54, 1.807) is 0 Å². The first-order valence-corrected chi connectivity index (χ1v) is 11.6. The van der Waals surface area contributed by atoms with Crippen molar-refractivity contribution in [1.29, 1.82) is 0 Å². The molecule has 5 nitrogen and oxygen atoms in total. The van der Waals surface area contributed by atoms with Gasteiger partial charge in [0, 0.05) is 13.0 Å². The number of allylic oxidation sites excluding steroid dienone is 4. The molecule has 0 unspecified atom stereocenters. The van der Waals surface area contributed by atoms with Crippen molar-refractivity contribution >= 4 is 8.07 Å². The van der Waals surface area contributed by atoms with Gasteiger partial charge in [-0.3, -0.25) is 0 Å². The largest absolute Gasteiger partial charge is 0.347 e. The molecule has 1 aliphatic carbocycles. The van der Waals surface area contributed by atoms with Crippen LogP contribution in [0.4, 0.5) is 0 Å². The second kappa shape index (κ2) is 5.94. The average molecular weight is 341 g/mol. The molecule has 1 aliphatic rings. The predicted molar refractivity (Wildman–Crippen MR) is 99.1 cm³/mol. The Hall–Kier alpha value is -2.34. The number of hydrogen-bond donors (Lipinski definition) is 1. The second-order valence-corrected chi connectivity index (χ2v) is 12.3. The van der Waals surface area contributed by atoms with E-state index in [-0.39, 0.29) is 23.3 Å². The van der Waals surface area contributed by atoms with Crippen molar-refractivity contribution in [3.63, 3.8) is 0 Å². The van der Waals surface area contributed by atoms with Crippen LogP contribution in [0.2, 0.25) is 19.6 Å². The minimum Gasteiger partial charge on any atom is -0.246 e. The predicted octanol–water partition coefficient (Wildman–Crippen LogP) is 2.57. The van der Waals surface area contributed by atoms with E-state index in [0.717, 1.165) is 4.57 Å². The molecule has 1 aromatic carbocycles. The molecule has 0 amide bonds. The van der Waals surface area contributed by atoms with E-state index >= 15 is 0 Å². The van der Waals surface area contributed by atoms with Gasteiger partial charge < -0.3 is 0 Å². The molecule has 126 valence electrons. The molecule has 24 heavy (non-hydrogen) atoms. The minimum atomic E-state index is -1.61. The summed E-state index contributed by atoms with van der Waals surface area (Å²) in [7, 11) is -0.119. The second-order valence-electron chi connectivity index (χ2n) is 7.26. The molecule has 1 aromatic heterocycles. The van der Waals surface area contributed by atoms with Gasteiger partial charge in [-0.05, 0) is 5.56 Å². The van der Waals surface area contributed by atoms with Gasteiger partial charge in [-0.15, -0.1) is 0 Å². The van der Waals surface area contributed by atoms with Gasteiger partial charge in [0.15, 0.2) is 0 Å². The molecular formula is C18H23N3O2Si. The first kappa shape index (κ1) is 16.5. The Kier molecular flexibility index (Phi) is 4.09. The maximum atomic E-state index is 12.2. The molecule has 0 saturated heterocycles. The third-order valence-corrected chi connectivity index (χ3v) is 6.73. The van der Waals surface area contributed by atoms with Crippen molar-refractivity contribution in [2.75, 3.05) is 0 Å².